The van der Waals surface area contributed by atoms with Gasteiger partial charge in [0.05, 0.1) is 4.90 Å². The maximum atomic E-state index is 12.9. The van der Waals surface area contributed by atoms with E-state index in [1.54, 1.807) is 28.6 Å². The van der Waals surface area contributed by atoms with Crippen LogP contribution in [0.15, 0.2) is 46.9 Å². The zero-order chi connectivity index (χ0) is 14.5. The molecule has 108 valence electrons. The van der Waals surface area contributed by atoms with E-state index >= 15 is 0 Å². The predicted molar refractivity (Wildman–Crippen MR) is 83.3 cm³/mol. The summed E-state index contributed by atoms with van der Waals surface area (Å²) in [7, 11) is -3.42. The monoisotopic (exact) mass is 355 g/mol. The van der Waals surface area contributed by atoms with E-state index in [9.17, 15) is 8.42 Å². The Bertz CT molecular complexity index is 656. The zero-order valence-electron chi connectivity index (χ0n) is 11.6. The first-order chi connectivity index (χ1) is 9.34. The first kappa shape index (κ1) is 14.3. The summed E-state index contributed by atoms with van der Waals surface area (Å²) < 4.78 is 27.4. The van der Waals surface area contributed by atoms with Gasteiger partial charge in [-0.2, -0.15) is 4.31 Å². The van der Waals surface area contributed by atoms with E-state index in [1.807, 2.05) is 6.07 Å². The molecule has 3 rings (SSSR count). The van der Waals surface area contributed by atoms with Gasteiger partial charge < -0.3 is 0 Å². The Morgan fingerprint density at radius 2 is 1.95 bits per heavy atom. The Kier molecular flexibility index (Phi) is 3.35. The van der Waals surface area contributed by atoms with Crippen molar-refractivity contribution >= 4 is 26.0 Å². The molecule has 1 aliphatic carbocycles. The van der Waals surface area contributed by atoms with Crippen molar-refractivity contribution in [3.05, 3.63) is 42.0 Å². The fraction of sp³-hybridized carbons (Fsp3) is 0.467. The van der Waals surface area contributed by atoms with Crippen LogP contribution in [0.3, 0.4) is 0 Å². The normalized spacial score (nSPS) is 34.0. The van der Waals surface area contributed by atoms with Crippen LogP contribution < -0.4 is 0 Å². The molecule has 1 aromatic rings. The second-order valence-corrected chi connectivity index (χ2v) is 8.94. The highest BCUT2D eigenvalue weighted by Crippen LogP contribution is 2.49. The average molecular weight is 356 g/mol. The minimum absolute atomic E-state index is 0.00825. The number of benzene rings is 1. The molecular weight excluding hydrogens is 338 g/mol. The molecule has 0 amide bonds. The fourth-order valence-corrected chi connectivity index (χ4v) is 6.00. The average Bonchev–Trinajstić information content (AvgIpc) is 2.75. The van der Waals surface area contributed by atoms with E-state index < -0.39 is 10.0 Å². The molecule has 3 atom stereocenters. The van der Waals surface area contributed by atoms with Gasteiger partial charge in [0.25, 0.3) is 0 Å². The highest BCUT2D eigenvalue weighted by Gasteiger charge is 2.51. The Hall–Kier alpha value is -0.650. The van der Waals surface area contributed by atoms with Crippen LogP contribution in [0.1, 0.15) is 20.3 Å². The van der Waals surface area contributed by atoms with Crippen molar-refractivity contribution in [1.29, 1.82) is 0 Å². The van der Waals surface area contributed by atoms with Crippen LogP contribution >= 0.6 is 15.9 Å². The lowest BCUT2D eigenvalue weighted by molar-refractivity contribution is 0.391. The second kappa shape index (κ2) is 4.68. The SMILES string of the molecule is CC1=C[C@@H](Br)[C@@H]2C[C@]1(C)CN2S(=O)(=O)c1ccccc1. The molecule has 0 unspecified atom stereocenters. The number of nitrogens with zero attached hydrogens (tertiary/aromatic N) is 1. The third-order valence-corrected chi connectivity index (χ3v) is 7.37. The summed E-state index contributed by atoms with van der Waals surface area (Å²) in [5, 5.41) is 0. The van der Waals surface area contributed by atoms with Gasteiger partial charge in [0.1, 0.15) is 0 Å². The summed E-state index contributed by atoms with van der Waals surface area (Å²) in [6, 6.07) is 8.72. The minimum atomic E-state index is -3.42. The second-order valence-electron chi connectivity index (χ2n) is 5.99. The highest BCUT2D eigenvalue weighted by molar-refractivity contribution is 9.09. The third kappa shape index (κ3) is 2.07. The quantitative estimate of drug-likeness (QED) is 0.603. The number of sulfonamides is 1. The smallest absolute Gasteiger partial charge is 0.207 e. The van der Waals surface area contributed by atoms with Crippen LogP contribution in [0.4, 0.5) is 0 Å². The van der Waals surface area contributed by atoms with Crippen LogP contribution in [0.5, 0.6) is 0 Å². The molecule has 0 aromatic heterocycles. The molecule has 0 radical (unpaired) electrons. The third-order valence-electron chi connectivity index (χ3n) is 4.61. The lowest BCUT2D eigenvalue weighted by Gasteiger charge is -2.30. The van der Waals surface area contributed by atoms with Crippen molar-refractivity contribution < 1.29 is 8.42 Å². The van der Waals surface area contributed by atoms with Crippen molar-refractivity contribution in [2.45, 2.75) is 36.0 Å². The van der Waals surface area contributed by atoms with E-state index in [2.05, 4.69) is 35.9 Å². The summed E-state index contributed by atoms with van der Waals surface area (Å²) in [4.78, 5) is 0.477. The van der Waals surface area contributed by atoms with Gasteiger partial charge in [0.2, 0.25) is 10.0 Å². The van der Waals surface area contributed by atoms with Gasteiger partial charge in [-0.3, -0.25) is 0 Å². The molecule has 1 saturated heterocycles. The summed E-state index contributed by atoms with van der Waals surface area (Å²) in [6.07, 6.45) is 3.05. The summed E-state index contributed by atoms with van der Waals surface area (Å²) in [6.45, 7) is 4.83. The number of alkyl halides is 1. The number of rotatable bonds is 2. The molecule has 1 aromatic carbocycles. The van der Waals surface area contributed by atoms with Crippen molar-refractivity contribution in [1.82, 2.24) is 4.31 Å². The lowest BCUT2D eigenvalue weighted by atomic mass is 9.76. The van der Waals surface area contributed by atoms with Crippen LogP contribution in [0.25, 0.3) is 0 Å². The zero-order valence-corrected chi connectivity index (χ0v) is 14.0. The largest absolute Gasteiger partial charge is 0.243 e. The lowest BCUT2D eigenvalue weighted by Crippen LogP contribution is -2.39. The molecule has 3 nitrogen and oxygen atoms in total. The van der Waals surface area contributed by atoms with Gasteiger partial charge in [0.15, 0.2) is 0 Å². The van der Waals surface area contributed by atoms with E-state index in [4.69, 9.17) is 0 Å². The molecule has 5 heteroatoms. The number of halogens is 1. The predicted octanol–water partition coefficient (Wildman–Crippen LogP) is 3.18. The minimum Gasteiger partial charge on any atom is -0.207 e. The van der Waals surface area contributed by atoms with Crippen LogP contribution in [-0.4, -0.2) is 30.1 Å². The van der Waals surface area contributed by atoms with Crippen LogP contribution in [0.2, 0.25) is 0 Å². The Balaban J connectivity index is 2.02. The van der Waals surface area contributed by atoms with Crippen molar-refractivity contribution in [2.75, 3.05) is 6.54 Å². The van der Waals surface area contributed by atoms with E-state index in [-0.39, 0.29) is 16.3 Å². The molecule has 2 bridgehead atoms. The molecule has 0 N–H and O–H groups in total. The topological polar surface area (TPSA) is 37.4 Å². The number of hydrogen-bond donors (Lipinski definition) is 0. The summed E-state index contributed by atoms with van der Waals surface area (Å²) in [5.74, 6) is 0. The van der Waals surface area contributed by atoms with Crippen LogP contribution in [-0.2, 0) is 10.0 Å². The Morgan fingerprint density at radius 3 is 2.60 bits per heavy atom. The molecule has 20 heavy (non-hydrogen) atoms. The fourth-order valence-electron chi connectivity index (χ4n) is 3.19. The molecule has 1 fully saturated rings. The molecule has 1 aliphatic heterocycles. The van der Waals surface area contributed by atoms with Gasteiger partial charge in [0, 0.05) is 22.8 Å². The van der Waals surface area contributed by atoms with Gasteiger partial charge in [-0.05, 0) is 25.5 Å². The molecule has 0 saturated carbocycles. The molecular formula is C15H18BrNO2S. The van der Waals surface area contributed by atoms with Crippen molar-refractivity contribution in [3.63, 3.8) is 0 Å². The van der Waals surface area contributed by atoms with Gasteiger partial charge >= 0.3 is 0 Å². The van der Waals surface area contributed by atoms with E-state index in [1.165, 1.54) is 5.57 Å². The van der Waals surface area contributed by atoms with Gasteiger partial charge in [-0.15, -0.1) is 0 Å². The van der Waals surface area contributed by atoms with Gasteiger partial charge in [-0.1, -0.05) is 52.7 Å². The molecule has 1 heterocycles. The maximum absolute atomic E-state index is 12.9. The Labute approximate surface area is 128 Å². The maximum Gasteiger partial charge on any atom is 0.243 e. The van der Waals surface area contributed by atoms with E-state index in [0.717, 1.165) is 6.42 Å². The number of hydrogen-bond acceptors (Lipinski definition) is 2. The first-order valence-corrected chi connectivity index (χ1v) is 9.10. The first-order valence-electron chi connectivity index (χ1n) is 6.74. The van der Waals surface area contributed by atoms with E-state index in [0.29, 0.717) is 11.4 Å². The molecule has 2 aliphatic rings. The standard InChI is InChI=1S/C15H18BrNO2S/c1-11-8-13(16)14-9-15(11,2)10-17(14)20(18,19)12-6-4-3-5-7-12/h3-8,13-14H,9-10H2,1-2H3/t13-,14+,15-/m1/s1. The Morgan fingerprint density at radius 1 is 1.30 bits per heavy atom. The van der Waals surface area contributed by atoms with Gasteiger partial charge in [-0.25, -0.2) is 8.42 Å². The molecule has 0 spiro atoms. The summed E-state index contributed by atoms with van der Waals surface area (Å²) >= 11 is 3.63. The van der Waals surface area contributed by atoms with Crippen molar-refractivity contribution in [3.8, 4) is 0 Å². The number of fused-ring (bicyclic) bond motifs is 2. The van der Waals surface area contributed by atoms with Crippen molar-refractivity contribution in [2.24, 2.45) is 5.41 Å². The van der Waals surface area contributed by atoms with Crippen LogP contribution in [0, 0.1) is 5.41 Å². The summed E-state index contributed by atoms with van der Waals surface area (Å²) in [5.41, 5.74) is 1.25. The highest BCUT2D eigenvalue weighted by atomic mass is 79.9.